The number of aromatic nitrogens is 1. The quantitative estimate of drug-likeness (QED) is 0.796. The zero-order valence-electron chi connectivity index (χ0n) is 9.63. The number of rotatable bonds is 2. The summed E-state index contributed by atoms with van der Waals surface area (Å²) in [6.45, 7) is 0.889. The molecule has 1 aromatic heterocycles. The molecule has 4 nitrogen and oxygen atoms in total. The van der Waals surface area contributed by atoms with Crippen LogP contribution in [-0.2, 0) is 0 Å². The number of nitrogens with zero attached hydrogens (tertiary/aromatic N) is 2. The van der Waals surface area contributed by atoms with Gasteiger partial charge in [0.25, 0.3) is 5.91 Å². The molecule has 2 saturated heterocycles. The molecule has 1 aromatic rings. The van der Waals surface area contributed by atoms with Crippen molar-refractivity contribution in [2.24, 2.45) is 0 Å². The van der Waals surface area contributed by atoms with Crippen LogP contribution < -0.4 is 4.74 Å². The number of carbonyl (C=O) groups is 1. The van der Waals surface area contributed by atoms with Crippen LogP contribution in [0.4, 0.5) is 0 Å². The van der Waals surface area contributed by atoms with E-state index in [1.165, 1.54) is 0 Å². The van der Waals surface area contributed by atoms with Gasteiger partial charge in [-0.1, -0.05) is 0 Å². The third-order valence-electron chi connectivity index (χ3n) is 3.35. The van der Waals surface area contributed by atoms with Crippen molar-refractivity contribution in [1.29, 1.82) is 0 Å². The molecule has 2 bridgehead atoms. The Bertz CT molecular complexity index is 435. The Morgan fingerprint density at radius 1 is 1.59 bits per heavy atom. The first-order valence-corrected chi connectivity index (χ1v) is 6.75. The lowest BCUT2D eigenvalue weighted by Crippen LogP contribution is -2.39. The average Bonchev–Trinajstić information content (AvgIpc) is 3.00. The highest BCUT2D eigenvalue weighted by Crippen LogP contribution is 2.38. The van der Waals surface area contributed by atoms with Crippen molar-refractivity contribution in [3.05, 3.63) is 23.9 Å². The van der Waals surface area contributed by atoms with Gasteiger partial charge in [0, 0.05) is 35.9 Å². The van der Waals surface area contributed by atoms with Crippen LogP contribution in [0, 0.1) is 0 Å². The highest BCUT2D eigenvalue weighted by atomic mass is 32.2. The minimum absolute atomic E-state index is 0.105. The average molecular weight is 250 g/mol. The lowest BCUT2D eigenvalue weighted by Gasteiger charge is -2.26. The van der Waals surface area contributed by atoms with E-state index in [2.05, 4.69) is 4.98 Å². The molecule has 2 atom stereocenters. The number of hydrogen-bond donors (Lipinski definition) is 0. The Morgan fingerprint density at radius 3 is 3.00 bits per heavy atom. The highest BCUT2D eigenvalue weighted by Gasteiger charge is 2.41. The van der Waals surface area contributed by atoms with Crippen LogP contribution in [0.5, 0.6) is 5.88 Å². The maximum Gasteiger partial charge on any atom is 0.255 e. The second kappa shape index (κ2) is 4.22. The number of hydrogen-bond acceptors (Lipinski definition) is 4. The van der Waals surface area contributed by atoms with Crippen molar-refractivity contribution in [1.82, 2.24) is 9.88 Å². The van der Waals surface area contributed by atoms with Gasteiger partial charge in [0.1, 0.15) is 0 Å². The van der Waals surface area contributed by atoms with Crippen molar-refractivity contribution in [3.63, 3.8) is 0 Å². The summed E-state index contributed by atoms with van der Waals surface area (Å²) in [6, 6.07) is 3.95. The molecule has 1 amide bonds. The number of thioether (sulfide) groups is 1. The van der Waals surface area contributed by atoms with Crippen molar-refractivity contribution < 1.29 is 9.53 Å². The maximum absolute atomic E-state index is 12.3. The molecule has 2 aliphatic heterocycles. The first-order valence-electron chi connectivity index (χ1n) is 5.70. The molecular formula is C12H14N2O2S. The Kier molecular flexibility index (Phi) is 2.70. The molecule has 0 saturated carbocycles. The fourth-order valence-electron chi connectivity index (χ4n) is 2.44. The summed E-state index contributed by atoms with van der Waals surface area (Å²) in [6.07, 6.45) is 2.75. The van der Waals surface area contributed by atoms with E-state index < -0.39 is 0 Å². The van der Waals surface area contributed by atoms with Gasteiger partial charge in [0.15, 0.2) is 0 Å². The van der Waals surface area contributed by atoms with Crippen LogP contribution in [-0.4, -0.2) is 46.5 Å². The molecule has 90 valence electrons. The molecule has 0 aromatic carbocycles. The van der Waals surface area contributed by atoms with Crippen molar-refractivity contribution in [3.8, 4) is 5.88 Å². The van der Waals surface area contributed by atoms with E-state index in [1.807, 2.05) is 16.7 Å². The molecule has 17 heavy (non-hydrogen) atoms. The molecule has 0 radical (unpaired) electrons. The summed E-state index contributed by atoms with van der Waals surface area (Å²) in [5.41, 5.74) is 0.656. The smallest absolute Gasteiger partial charge is 0.255 e. The van der Waals surface area contributed by atoms with Crippen molar-refractivity contribution in [2.75, 3.05) is 19.4 Å². The Labute approximate surface area is 104 Å². The maximum atomic E-state index is 12.3. The van der Waals surface area contributed by atoms with Gasteiger partial charge < -0.3 is 9.64 Å². The van der Waals surface area contributed by atoms with E-state index in [0.717, 1.165) is 18.7 Å². The monoisotopic (exact) mass is 250 g/mol. The summed E-state index contributed by atoms with van der Waals surface area (Å²) in [7, 11) is 1.57. The van der Waals surface area contributed by atoms with Gasteiger partial charge in [-0.15, -0.1) is 0 Å². The minimum atomic E-state index is 0.105. The van der Waals surface area contributed by atoms with E-state index in [9.17, 15) is 4.79 Å². The Balaban J connectivity index is 1.77. The number of pyridine rings is 1. The van der Waals surface area contributed by atoms with E-state index in [4.69, 9.17) is 4.74 Å². The molecule has 0 aliphatic carbocycles. The first-order chi connectivity index (χ1) is 8.28. The summed E-state index contributed by atoms with van der Waals surface area (Å²) < 4.78 is 4.98. The predicted molar refractivity (Wildman–Crippen MR) is 66.5 cm³/mol. The number of likely N-dealkylation sites (tertiary alicyclic amines) is 1. The Morgan fingerprint density at radius 2 is 2.47 bits per heavy atom. The lowest BCUT2D eigenvalue weighted by molar-refractivity contribution is 0.0747. The van der Waals surface area contributed by atoms with Gasteiger partial charge in [-0.2, -0.15) is 11.8 Å². The molecule has 3 rings (SSSR count). The normalized spacial score (nSPS) is 26.3. The number of fused-ring (bicyclic) bond motifs is 2. The van der Waals surface area contributed by atoms with Crippen molar-refractivity contribution >= 4 is 17.7 Å². The van der Waals surface area contributed by atoms with Crippen LogP contribution >= 0.6 is 11.8 Å². The second-order valence-corrected chi connectivity index (χ2v) is 5.72. The molecule has 5 heteroatoms. The van der Waals surface area contributed by atoms with Crippen LogP contribution in [0.3, 0.4) is 0 Å². The first kappa shape index (κ1) is 10.9. The molecule has 2 fully saturated rings. The fourth-order valence-corrected chi connectivity index (χ4v) is 3.88. The standard InChI is InChI=1S/C12H14N2O2S/c1-16-11-3-2-8(5-13-11)12(15)14-6-10-4-9(14)7-17-10/h2-3,5,9-10H,4,6-7H2,1H3. The molecule has 0 N–H and O–H groups in total. The highest BCUT2D eigenvalue weighted by molar-refractivity contribution is 8.00. The van der Waals surface area contributed by atoms with Crippen LogP contribution in [0.1, 0.15) is 16.8 Å². The predicted octanol–water partition coefficient (Wildman–Crippen LogP) is 1.42. The van der Waals surface area contributed by atoms with E-state index in [0.29, 0.717) is 22.7 Å². The third kappa shape index (κ3) is 1.88. The zero-order valence-corrected chi connectivity index (χ0v) is 10.4. The number of amides is 1. The summed E-state index contributed by atoms with van der Waals surface area (Å²) in [5, 5.41) is 0.648. The number of carbonyl (C=O) groups excluding carboxylic acids is 1. The summed E-state index contributed by atoms with van der Waals surface area (Å²) in [5.74, 6) is 1.73. The van der Waals surface area contributed by atoms with Gasteiger partial charge in [-0.25, -0.2) is 4.98 Å². The van der Waals surface area contributed by atoms with Gasteiger partial charge in [-0.3, -0.25) is 4.79 Å². The van der Waals surface area contributed by atoms with Crippen LogP contribution in [0.15, 0.2) is 18.3 Å². The summed E-state index contributed by atoms with van der Waals surface area (Å²) >= 11 is 1.99. The fraction of sp³-hybridized carbons (Fsp3) is 0.500. The Hall–Kier alpha value is -1.23. The summed E-state index contributed by atoms with van der Waals surface area (Å²) in [4.78, 5) is 18.3. The SMILES string of the molecule is COc1ccc(C(=O)N2CC3CC2CS3)cn1. The third-order valence-corrected chi connectivity index (χ3v) is 4.74. The van der Waals surface area contributed by atoms with E-state index >= 15 is 0 Å². The van der Waals surface area contributed by atoms with Crippen molar-refractivity contribution in [2.45, 2.75) is 17.7 Å². The minimum Gasteiger partial charge on any atom is -0.481 e. The largest absolute Gasteiger partial charge is 0.481 e. The van der Waals surface area contributed by atoms with E-state index in [-0.39, 0.29) is 5.91 Å². The molecule has 3 heterocycles. The topological polar surface area (TPSA) is 42.4 Å². The zero-order chi connectivity index (χ0) is 11.8. The number of methoxy groups -OCH3 is 1. The van der Waals surface area contributed by atoms with Gasteiger partial charge in [0.05, 0.1) is 12.7 Å². The lowest BCUT2D eigenvalue weighted by atomic mass is 10.2. The van der Waals surface area contributed by atoms with Gasteiger partial charge in [0.2, 0.25) is 5.88 Å². The number of ether oxygens (including phenoxy) is 1. The van der Waals surface area contributed by atoms with Crippen LogP contribution in [0.2, 0.25) is 0 Å². The van der Waals surface area contributed by atoms with Gasteiger partial charge >= 0.3 is 0 Å². The second-order valence-electron chi connectivity index (χ2n) is 4.39. The van der Waals surface area contributed by atoms with Gasteiger partial charge in [-0.05, 0) is 12.5 Å². The molecule has 2 aliphatic rings. The molecular weight excluding hydrogens is 236 g/mol. The molecule has 2 unspecified atom stereocenters. The molecule has 0 spiro atoms. The van der Waals surface area contributed by atoms with Crippen LogP contribution in [0.25, 0.3) is 0 Å². The van der Waals surface area contributed by atoms with E-state index in [1.54, 1.807) is 25.4 Å².